The van der Waals surface area contributed by atoms with E-state index < -0.39 is 21.6 Å². The highest BCUT2D eigenvalue weighted by atomic mass is 35.5. The van der Waals surface area contributed by atoms with Crippen molar-refractivity contribution in [1.29, 1.82) is 0 Å². The third kappa shape index (κ3) is 3.43. The van der Waals surface area contributed by atoms with Crippen LogP contribution in [-0.2, 0) is 15.8 Å². The summed E-state index contributed by atoms with van der Waals surface area (Å²) in [6, 6.07) is 4.15. The van der Waals surface area contributed by atoms with Gasteiger partial charge in [0.1, 0.15) is 5.82 Å². The normalized spacial score (nSPS) is 17.2. The second kappa shape index (κ2) is 5.55. The number of nitrogens with one attached hydrogen (secondary N) is 1. The van der Waals surface area contributed by atoms with Gasteiger partial charge in [-0.2, -0.15) is 0 Å². The van der Waals surface area contributed by atoms with Crippen molar-refractivity contribution < 1.29 is 12.8 Å². The predicted molar refractivity (Wildman–Crippen MR) is 69.4 cm³/mol. The maximum Gasteiger partial charge on any atom is 0.216 e. The summed E-state index contributed by atoms with van der Waals surface area (Å²) < 4.78 is 40.0. The summed E-state index contributed by atoms with van der Waals surface area (Å²) in [4.78, 5) is 0. The largest absolute Gasteiger partial charge is 0.216 e. The van der Waals surface area contributed by atoms with Crippen LogP contribution in [-0.4, -0.2) is 14.5 Å². The van der Waals surface area contributed by atoms with Crippen LogP contribution in [0.5, 0.6) is 0 Å². The van der Waals surface area contributed by atoms with Gasteiger partial charge in [0.2, 0.25) is 10.0 Å². The van der Waals surface area contributed by atoms with Gasteiger partial charge in [0.25, 0.3) is 0 Å². The first-order chi connectivity index (χ1) is 8.48. The van der Waals surface area contributed by atoms with Gasteiger partial charge < -0.3 is 0 Å². The summed E-state index contributed by atoms with van der Waals surface area (Å²) in [6.45, 7) is 0. The molecule has 6 heteroatoms. The van der Waals surface area contributed by atoms with Gasteiger partial charge in [-0.05, 0) is 25.0 Å². The number of rotatable bonds is 4. The molecule has 0 heterocycles. The Morgan fingerprint density at radius 3 is 2.61 bits per heavy atom. The molecule has 2 rings (SSSR count). The van der Waals surface area contributed by atoms with Crippen LogP contribution in [0.1, 0.15) is 31.2 Å². The van der Waals surface area contributed by atoms with Crippen LogP contribution in [0.4, 0.5) is 4.39 Å². The second-order valence-corrected chi connectivity index (χ2v) is 6.72. The van der Waals surface area contributed by atoms with E-state index in [1.165, 1.54) is 18.2 Å². The quantitative estimate of drug-likeness (QED) is 0.927. The fourth-order valence-electron chi connectivity index (χ4n) is 2.20. The minimum absolute atomic E-state index is 0.0134. The van der Waals surface area contributed by atoms with Gasteiger partial charge in [-0.25, -0.2) is 17.5 Å². The Bertz CT molecular complexity index is 507. The first kappa shape index (κ1) is 13.8. The molecule has 1 aliphatic rings. The minimum Gasteiger partial charge on any atom is -0.212 e. The molecule has 0 amide bonds. The van der Waals surface area contributed by atoms with E-state index in [2.05, 4.69) is 4.72 Å². The lowest BCUT2D eigenvalue weighted by atomic mass is 10.2. The number of hydrogen-bond acceptors (Lipinski definition) is 2. The zero-order chi connectivity index (χ0) is 13.2. The van der Waals surface area contributed by atoms with Crippen molar-refractivity contribution in [3.05, 3.63) is 34.6 Å². The van der Waals surface area contributed by atoms with Crippen LogP contribution in [0.3, 0.4) is 0 Å². The Hall–Kier alpha value is -0.650. The molecule has 1 N–H and O–H groups in total. The van der Waals surface area contributed by atoms with Crippen LogP contribution >= 0.6 is 11.6 Å². The summed E-state index contributed by atoms with van der Waals surface area (Å²) in [5, 5.41) is 0.145. The molecule has 0 bridgehead atoms. The maximum absolute atomic E-state index is 13.5. The third-order valence-electron chi connectivity index (χ3n) is 3.10. The zero-order valence-corrected chi connectivity index (χ0v) is 11.4. The fourth-order valence-corrected chi connectivity index (χ4v) is 4.01. The molecule has 0 radical (unpaired) electrons. The molecule has 1 saturated carbocycles. The van der Waals surface area contributed by atoms with Crippen LogP contribution in [0.2, 0.25) is 5.02 Å². The molecule has 0 saturated heterocycles. The first-order valence-corrected chi connectivity index (χ1v) is 7.94. The SMILES string of the molecule is O=S(=O)(Cc1c(F)cccc1Cl)NC1CCCC1. The van der Waals surface area contributed by atoms with E-state index >= 15 is 0 Å². The van der Waals surface area contributed by atoms with Gasteiger partial charge in [-0.3, -0.25) is 0 Å². The molecule has 1 aromatic rings. The van der Waals surface area contributed by atoms with E-state index in [0.29, 0.717) is 0 Å². The predicted octanol–water partition coefficient (Wildman–Crippen LogP) is 2.84. The van der Waals surface area contributed by atoms with Crippen molar-refractivity contribution in [2.45, 2.75) is 37.5 Å². The fraction of sp³-hybridized carbons (Fsp3) is 0.500. The van der Waals surface area contributed by atoms with Crippen molar-refractivity contribution in [3.63, 3.8) is 0 Å². The summed E-state index contributed by atoms with van der Waals surface area (Å²) in [7, 11) is -3.54. The highest BCUT2D eigenvalue weighted by Crippen LogP contribution is 2.23. The van der Waals surface area contributed by atoms with Gasteiger partial charge in [-0.1, -0.05) is 30.5 Å². The van der Waals surface area contributed by atoms with Crippen molar-refractivity contribution in [3.8, 4) is 0 Å². The van der Waals surface area contributed by atoms with E-state index in [9.17, 15) is 12.8 Å². The van der Waals surface area contributed by atoms with Crippen LogP contribution in [0, 0.1) is 5.82 Å². The van der Waals surface area contributed by atoms with E-state index in [-0.39, 0.29) is 16.6 Å². The van der Waals surface area contributed by atoms with Crippen molar-refractivity contribution in [2.75, 3.05) is 0 Å². The highest BCUT2D eigenvalue weighted by Gasteiger charge is 2.23. The molecule has 0 aromatic heterocycles. The van der Waals surface area contributed by atoms with E-state index in [4.69, 9.17) is 11.6 Å². The van der Waals surface area contributed by atoms with Crippen LogP contribution in [0.25, 0.3) is 0 Å². The Morgan fingerprint density at radius 2 is 2.00 bits per heavy atom. The molecule has 0 unspecified atom stereocenters. The van der Waals surface area contributed by atoms with Crippen molar-refractivity contribution in [2.24, 2.45) is 0 Å². The monoisotopic (exact) mass is 291 g/mol. The average molecular weight is 292 g/mol. The first-order valence-electron chi connectivity index (χ1n) is 5.91. The van der Waals surface area contributed by atoms with Crippen LogP contribution < -0.4 is 4.72 Å². The summed E-state index contributed by atoms with van der Waals surface area (Å²) in [5.74, 6) is -0.992. The average Bonchev–Trinajstić information content (AvgIpc) is 2.75. The molecular weight excluding hydrogens is 277 g/mol. The highest BCUT2D eigenvalue weighted by molar-refractivity contribution is 7.88. The number of hydrogen-bond donors (Lipinski definition) is 1. The molecule has 1 fully saturated rings. The van der Waals surface area contributed by atoms with E-state index in [1.807, 2.05) is 0 Å². The smallest absolute Gasteiger partial charge is 0.212 e. The lowest BCUT2D eigenvalue weighted by molar-refractivity contribution is 0.548. The maximum atomic E-state index is 13.5. The Kier molecular flexibility index (Phi) is 4.25. The van der Waals surface area contributed by atoms with Gasteiger partial charge in [-0.15, -0.1) is 0 Å². The van der Waals surface area contributed by atoms with Gasteiger partial charge in [0.05, 0.1) is 5.75 Å². The topological polar surface area (TPSA) is 46.2 Å². The summed E-state index contributed by atoms with van der Waals surface area (Å²) >= 11 is 5.82. The molecule has 3 nitrogen and oxygen atoms in total. The summed E-state index contributed by atoms with van der Waals surface area (Å²) in [5.41, 5.74) is 0.0321. The summed E-state index contributed by atoms with van der Waals surface area (Å²) in [6.07, 6.45) is 3.77. The Labute approximate surface area is 111 Å². The Morgan fingerprint density at radius 1 is 1.33 bits per heavy atom. The van der Waals surface area contributed by atoms with Gasteiger partial charge in [0, 0.05) is 16.6 Å². The number of halogens is 2. The molecule has 100 valence electrons. The molecule has 0 aliphatic heterocycles. The molecule has 1 aromatic carbocycles. The third-order valence-corrected chi connectivity index (χ3v) is 4.81. The molecule has 18 heavy (non-hydrogen) atoms. The lowest BCUT2D eigenvalue weighted by Crippen LogP contribution is -2.33. The second-order valence-electron chi connectivity index (χ2n) is 4.56. The standard InChI is InChI=1S/C12H15ClFNO2S/c13-11-6-3-7-12(14)10(11)8-18(16,17)15-9-4-1-2-5-9/h3,6-7,9,15H,1-2,4-5,8H2. The van der Waals surface area contributed by atoms with Crippen molar-refractivity contribution >= 4 is 21.6 Å². The van der Waals surface area contributed by atoms with Gasteiger partial charge >= 0.3 is 0 Å². The lowest BCUT2D eigenvalue weighted by Gasteiger charge is -2.13. The zero-order valence-electron chi connectivity index (χ0n) is 9.83. The van der Waals surface area contributed by atoms with E-state index in [0.717, 1.165) is 25.7 Å². The van der Waals surface area contributed by atoms with Crippen LogP contribution in [0.15, 0.2) is 18.2 Å². The van der Waals surface area contributed by atoms with Crippen molar-refractivity contribution in [1.82, 2.24) is 4.72 Å². The molecule has 1 aliphatic carbocycles. The number of sulfonamides is 1. The molecular formula is C12H15ClFNO2S. The molecule has 0 spiro atoms. The molecule has 0 atom stereocenters. The van der Waals surface area contributed by atoms with E-state index in [1.54, 1.807) is 0 Å². The minimum atomic E-state index is -3.54. The number of benzene rings is 1. The Balaban J connectivity index is 2.12. The van der Waals surface area contributed by atoms with Gasteiger partial charge in [0.15, 0.2) is 0 Å².